The van der Waals surface area contributed by atoms with Crippen molar-refractivity contribution in [3.8, 4) is 0 Å². The van der Waals surface area contributed by atoms with Crippen LogP contribution in [-0.2, 0) is 11.3 Å². The summed E-state index contributed by atoms with van der Waals surface area (Å²) in [6, 6.07) is 11.2. The SMILES string of the molecule is O=C(c1ccc(F)cc1)N1CCN(C2CCN(Cc3ccccn3)C2=O)CC1. The fourth-order valence-electron chi connectivity index (χ4n) is 3.92. The van der Waals surface area contributed by atoms with Crippen molar-refractivity contribution in [1.82, 2.24) is 19.7 Å². The van der Waals surface area contributed by atoms with E-state index in [0.717, 1.165) is 18.7 Å². The van der Waals surface area contributed by atoms with E-state index in [4.69, 9.17) is 0 Å². The molecule has 1 aromatic heterocycles. The fourth-order valence-corrected chi connectivity index (χ4v) is 3.92. The van der Waals surface area contributed by atoms with Crippen molar-refractivity contribution in [1.29, 1.82) is 0 Å². The third-order valence-corrected chi connectivity index (χ3v) is 5.48. The Balaban J connectivity index is 1.32. The Morgan fingerprint density at radius 1 is 1.04 bits per heavy atom. The van der Waals surface area contributed by atoms with E-state index in [-0.39, 0.29) is 23.7 Å². The second-order valence-corrected chi connectivity index (χ2v) is 7.22. The summed E-state index contributed by atoms with van der Waals surface area (Å²) in [5, 5.41) is 0. The van der Waals surface area contributed by atoms with Gasteiger partial charge < -0.3 is 9.80 Å². The van der Waals surface area contributed by atoms with Gasteiger partial charge in [0.05, 0.1) is 18.3 Å². The van der Waals surface area contributed by atoms with E-state index in [0.29, 0.717) is 38.3 Å². The summed E-state index contributed by atoms with van der Waals surface area (Å²) >= 11 is 0. The second-order valence-electron chi connectivity index (χ2n) is 7.22. The number of piperazine rings is 1. The quantitative estimate of drug-likeness (QED) is 0.809. The smallest absolute Gasteiger partial charge is 0.253 e. The molecule has 2 aliphatic heterocycles. The van der Waals surface area contributed by atoms with Crippen molar-refractivity contribution < 1.29 is 14.0 Å². The van der Waals surface area contributed by atoms with Crippen LogP contribution < -0.4 is 0 Å². The van der Waals surface area contributed by atoms with Crippen LogP contribution in [0.25, 0.3) is 0 Å². The number of benzene rings is 1. The van der Waals surface area contributed by atoms with Gasteiger partial charge in [-0.25, -0.2) is 4.39 Å². The maximum Gasteiger partial charge on any atom is 0.253 e. The number of pyridine rings is 1. The highest BCUT2D eigenvalue weighted by Crippen LogP contribution is 2.21. The van der Waals surface area contributed by atoms with Crippen LogP contribution in [0.1, 0.15) is 22.5 Å². The molecule has 2 aromatic rings. The molecule has 0 N–H and O–H groups in total. The minimum Gasteiger partial charge on any atom is -0.336 e. The number of rotatable bonds is 4. The molecular formula is C21H23FN4O2. The van der Waals surface area contributed by atoms with Crippen LogP contribution in [-0.4, -0.2) is 70.3 Å². The Bertz CT molecular complexity index is 835. The molecule has 0 aliphatic carbocycles. The number of likely N-dealkylation sites (tertiary alicyclic amines) is 1. The molecule has 0 saturated carbocycles. The number of amides is 2. The van der Waals surface area contributed by atoms with Crippen molar-refractivity contribution in [2.24, 2.45) is 0 Å². The van der Waals surface area contributed by atoms with Crippen molar-refractivity contribution in [3.05, 3.63) is 65.7 Å². The third-order valence-electron chi connectivity index (χ3n) is 5.48. The number of hydrogen-bond acceptors (Lipinski definition) is 4. The molecule has 7 heteroatoms. The molecule has 1 atom stereocenters. The monoisotopic (exact) mass is 382 g/mol. The van der Waals surface area contributed by atoms with Gasteiger partial charge >= 0.3 is 0 Å². The van der Waals surface area contributed by atoms with Crippen LogP contribution >= 0.6 is 0 Å². The molecule has 1 aromatic carbocycles. The molecule has 2 fully saturated rings. The standard InChI is InChI=1S/C21H23FN4O2/c22-17-6-4-16(5-7-17)20(27)25-13-11-24(12-14-25)19-8-10-26(21(19)28)15-18-3-1-2-9-23-18/h1-7,9,19H,8,10-15H2. The summed E-state index contributed by atoms with van der Waals surface area (Å²) in [5.74, 6) is -0.297. The summed E-state index contributed by atoms with van der Waals surface area (Å²) in [6.07, 6.45) is 2.54. The molecule has 0 spiro atoms. The summed E-state index contributed by atoms with van der Waals surface area (Å²) in [6.45, 7) is 3.75. The molecular weight excluding hydrogens is 359 g/mol. The van der Waals surface area contributed by atoms with Gasteiger partial charge in [-0.2, -0.15) is 0 Å². The predicted molar refractivity (Wildman–Crippen MR) is 102 cm³/mol. The fraction of sp³-hybridized carbons (Fsp3) is 0.381. The topological polar surface area (TPSA) is 56.8 Å². The molecule has 6 nitrogen and oxygen atoms in total. The van der Waals surface area contributed by atoms with Crippen LogP contribution in [0.5, 0.6) is 0 Å². The van der Waals surface area contributed by atoms with E-state index in [2.05, 4.69) is 9.88 Å². The third kappa shape index (κ3) is 3.89. The first-order chi connectivity index (χ1) is 13.6. The van der Waals surface area contributed by atoms with Crippen LogP contribution in [0.4, 0.5) is 4.39 Å². The number of hydrogen-bond donors (Lipinski definition) is 0. The number of carbonyl (C=O) groups excluding carboxylic acids is 2. The van der Waals surface area contributed by atoms with Gasteiger partial charge in [-0.15, -0.1) is 0 Å². The van der Waals surface area contributed by atoms with Gasteiger partial charge in [-0.3, -0.25) is 19.5 Å². The maximum absolute atomic E-state index is 13.1. The van der Waals surface area contributed by atoms with Crippen LogP contribution in [0.15, 0.2) is 48.7 Å². The molecule has 0 radical (unpaired) electrons. The van der Waals surface area contributed by atoms with Gasteiger partial charge in [-0.1, -0.05) is 6.07 Å². The van der Waals surface area contributed by atoms with E-state index in [1.807, 2.05) is 23.1 Å². The Kier molecular flexibility index (Phi) is 5.34. The molecule has 4 rings (SSSR count). The van der Waals surface area contributed by atoms with E-state index in [9.17, 15) is 14.0 Å². The van der Waals surface area contributed by atoms with Crippen LogP contribution in [0, 0.1) is 5.82 Å². The summed E-state index contributed by atoms with van der Waals surface area (Å²) in [7, 11) is 0. The summed E-state index contributed by atoms with van der Waals surface area (Å²) < 4.78 is 13.1. The molecule has 28 heavy (non-hydrogen) atoms. The Hall–Kier alpha value is -2.80. The highest BCUT2D eigenvalue weighted by Gasteiger charge is 2.37. The summed E-state index contributed by atoms with van der Waals surface area (Å²) in [4.78, 5) is 35.5. The number of aromatic nitrogens is 1. The van der Waals surface area contributed by atoms with Crippen LogP contribution in [0.3, 0.4) is 0 Å². The molecule has 0 bridgehead atoms. The zero-order valence-electron chi connectivity index (χ0n) is 15.6. The van der Waals surface area contributed by atoms with E-state index in [1.54, 1.807) is 11.1 Å². The highest BCUT2D eigenvalue weighted by atomic mass is 19.1. The Labute approximate surface area is 163 Å². The number of nitrogens with zero attached hydrogens (tertiary/aromatic N) is 4. The molecule has 146 valence electrons. The average Bonchev–Trinajstić information content (AvgIpc) is 3.09. The lowest BCUT2D eigenvalue weighted by Gasteiger charge is -2.37. The zero-order valence-corrected chi connectivity index (χ0v) is 15.6. The van der Waals surface area contributed by atoms with Crippen molar-refractivity contribution in [3.63, 3.8) is 0 Å². The molecule has 2 saturated heterocycles. The van der Waals surface area contributed by atoms with Gasteiger partial charge in [0.25, 0.3) is 5.91 Å². The molecule has 2 amide bonds. The lowest BCUT2D eigenvalue weighted by atomic mass is 10.1. The number of halogens is 1. The van der Waals surface area contributed by atoms with Crippen LogP contribution in [0.2, 0.25) is 0 Å². The first-order valence-electron chi connectivity index (χ1n) is 9.59. The maximum atomic E-state index is 13.1. The first-order valence-corrected chi connectivity index (χ1v) is 9.59. The van der Waals surface area contributed by atoms with E-state index >= 15 is 0 Å². The number of carbonyl (C=O) groups is 2. The minimum absolute atomic E-state index is 0.0887. The molecule has 3 heterocycles. The van der Waals surface area contributed by atoms with E-state index in [1.165, 1.54) is 24.3 Å². The van der Waals surface area contributed by atoms with Gasteiger partial charge in [-0.05, 0) is 42.8 Å². The second kappa shape index (κ2) is 8.06. The van der Waals surface area contributed by atoms with Gasteiger partial charge in [0.2, 0.25) is 5.91 Å². The average molecular weight is 382 g/mol. The zero-order chi connectivity index (χ0) is 19.5. The highest BCUT2D eigenvalue weighted by molar-refractivity contribution is 5.94. The van der Waals surface area contributed by atoms with Crippen molar-refractivity contribution >= 4 is 11.8 Å². The van der Waals surface area contributed by atoms with Crippen molar-refractivity contribution in [2.75, 3.05) is 32.7 Å². The first kappa shape index (κ1) is 18.6. The largest absolute Gasteiger partial charge is 0.336 e. The lowest BCUT2D eigenvalue weighted by Crippen LogP contribution is -2.53. The van der Waals surface area contributed by atoms with Gasteiger partial charge in [0.15, 0.2) is 0 Å². The Morgan fingerprint density at radius 3 is 2.46 bits per heavy atom. The Morgan fingerprint density at radius 2 is 1.79 bits per heavy atom. The van der Waals surface area contributed by atoms with Crippen molar-refractivity contribution in [2.45, 2.75) is 19.0 Å². The normalized spacial score (nSPS) is 20.6. The minimum atomic E-state index is -0.351. The van der Waals surface area contributed by atoms with Gasteiger partial charge in [0.1, 0.15) is 5.82 Å². The van der Waals surface area contributed by atoms with E-state index < -0.39 is 0 Å². The lowest BCUT2D eigenvalue weighted by molar-refractivity contribution is -0.133. The molecule has 2 aliphatic rings. The molecule has 1 unspecified atom stereocenters. The predicted octanol–water partition coefficient (Wildman–Crippen LogP) is 1.78. The van der Waals surface area contributed by atoms with Gasteiger partial charge in [0, 0.05) is 44.5 Å². The summed E-state index contributed by atoms with van der Waals surface area (Å²) in [5.41, 5.74) is 1.39.